The molecule has 0 aliphatic heterocycles. The molecule has 0 aliphatic rings. The Morgan fingerprint density at radius 1 is 1.86 bits per heavy atom. The zero-order valence-electron chi connectivity index (χ0n) is 3.34. The molecule has 0 saturated carbocycles. The molecule has 0 unspecified atom stereocenters. The molecule has 0 heterocycles. The fourth-order valence-electron chi connectivity index (χ4n) is 0.0941. The zero-order chi connectivity index (χ0) is 5.86. The predicted molar refractivity (Wildman–Crippen MR) is 27.5 cm³/mol. The van der Waals surface area contributed by atoms with Crippen LogP contribution in [-0.4, -0.2) is 15.6 Å². The number of thioether (sulfide) groups is 1. The predicted octanol–water partition coefficient (Wildman–Crippen LogP) is 0.291. The lowest BCUT2D eigenvalue weighted by molar-refractivity contribution is 0.222. The van der Waals surface area contributed by atoms with E-state index >= 15 is 0 Å². The fourth-order valence-corrected chi connectivity index (χ4v) is 0.282. The maximum absolute atomic E-state index is 9.55. The first-order valence-electron chi connectivity index (χ1n) is 1.37. The zero-order valence-corrected chi connectivity index (χ0v) is 4.16. The van der Waals surface area contributed by atoms with Crippen LogP contribution in [0.1, 0.15) is 0 Å². The second-order valence-corrected chi connectivity index (χ2v) is 1.73. The third kappa shape index (κ3) is 5.29. The van der Waals surface area contributed by atoms with Crippen molar-refractivity contribution in [2.24, 2.45) is 5.73 Å². The number of amidine groups is 1. The van der Waals surface area contributed by atoms with Crippen molar-refractivity contribution in [2.75, 3.05) is 0 Å². The van der Waals surface area contributed by atoms with E-state index in [0.29, 0.717) is 0 Å². The van der Waals surface area contributed by atoms with Crippen LogP contribution >= 0.6 is 11.8 Å². The van der Waals surface area contributed by atoms with Gasteiger partial charge >= 0.3 is 5.30 Å². The van der Waals surface area contributed by atoms with Crippen molar-refractivity contribution in [1.82, 2.24) is 0 Å². The highest BCUT2D eigenvalue weighted by Gasteiger charge is 1.96. The van der Waals surface area contributed by atoms with E-state index in [-0.39, 0.29) is 11.8 Å². The summed E-state index contributed by atoms with van der Waals surface area (Å²) >= 11 is 0.287. The van der Waals surface area contributed by atoms with E-state index in [1.165, 1.54) is 0 Å². The summed E-state index contributed by atoms with van der Waals surface area (Å²) in [6, 6.07) is 0. The molecule has 0 rings (SSSR count). The summed E-state index contributed by atoms with van der Waals surface area (Å²) in [5.74, 6) is 0. The van der Waals surface area contributed by atoms with Crippen LogP contribution in [0, 0.1) is 5.41 Å². The molecule has 0 bridgehead atoms. The van der Waals surface area contributed by atoms with E-state index in [1.54, 1.807) is 0 Å². The van der Waals surface area contributed by atoms with Crippen LogP contribution in [0.4, 0.5) is 4.79 Å². The van der Waals surface area contributed by atoms with Crippen molar-refractivity contribution in [2.45, 2.75) is 0 Å². The largest absolute Gasteiger partial charge is 0.473 e. The summed E-state index contributed by atoms with van der Waals surface area (Å²) in [6.45, 7) is 0. The molecule has 4 nitrogen and oxygen atoms in total. The van der Waals surface area contributed by atoms with Crippen molar-refractivity contribution in [1.29, 1.82) is 5.41 Å². The molecule has 0 aromatic heterocycles. The molecule has 4 N–H and O–H groups in total. The maximum Gasteiger partial charge on any atom is 0.372 e. The number of hydrogen-bond acceptors (Lipinski definition) is 3. The molecular formula is C2H4N2O2S. The standard InChI is InChI=1S/C2H4N2O2S/c3-1(4)7-2(5)6/h(H3,3,4)(H,5,6). The van der Waals surface area contributed by atoms with Crippen LogP contribution in [-0.2, 0) is 0 Å². The van der Waals surface area contributed by atoms with E-state index in [9.17, 15) is 4.79 Å². The molecule has 0 atom stereocenters. The van der Waals surface area contributed by atoms with Gasteiger partial charge in [0, 0.05) is 11.8 Å². The molecule has 0 aromatic carbocycles. The SMILES string of the molecule is N=C(N)SC(=O)O. The van der Waals surface area contributed by atoms with Gasteiger partial charge in [0.2, 0.25) is 0 Å². The number of rotatable bonds is 0. The summed E-state index contributed by atoms with van der Waals surface area (Å²) in [4.78, 5) is 9.55. The highest BCUT2D eigenvalue weighted by molar-refractivity contribution is 8.25. The lowest BCUT2D eigenvalue weighted by atomic mass is 11.4. The minimum Gasteiger partial charge on any atom is -0.473 e. The lowest BCUT2D eigenvalue weighted by Gasteiger charge is -1.84. The van der Waals surface area contributed by atoms with E-state index in [0.717, 1.165) is 0 Å². The van der Waals surface area contributed by atoms with Gasteiger partial charge < -0.3 is 10.8 Å². The third-order valence-corrected chi connectivity index (χ3v) is 0.592. The Balaban J connectivity index is 3.32. The maximum atomic E-state index is 9.55. The topological polar surface area (TPSA) is 87.2 Å². The molecule has 7 heavy (non-hydrogen) atoms. The van der Waals surface area contributed by atoms with Gasteiger partial charge in [-0.3, -0.25) is 5.41 Å². The molecule has 0 fully saturated rings. The van der Waals surface area contributed by atoms with Gasteiger partial charge in [-0.2, -0.15) is 0 Å². The smallest absolute Gasteiger partial charge is 0.372 e. The van der Waals surface area contributed by atoms with Gasteiger partial charge in [0.25, 0.3) is 0 Å². The van der Waals surface area contributed by atoms with Gasteiger partial charge in [0.15, 0.2) is 5.17 Å². The minimum absolute atomic E-state index is 0.287. The first kappa shape index (κ1) is 6.29. The minimum atomic E-state index is -1.15. The first-order chi connectivity index (χ1) is 3.13. The quantitative estimate of drug-likeness (QED) is 0.316. The Kier molecular flexibility index (Phi) is 2.21. The normalized spacial score (nSPS) is 8.00. The third-order valence-electron chi connectivity index (χ3n) is 0.197. The van der Waals surface area contributed by atoms with Gasteiger partial charge in [-0.05, 0) is 0 Å². The fraction of sp³-hybridized carbons (Fsp3) is 0. The molecule has 40 valence electrons. The first-order valence-corrected chi connectivity index (χ1v) is 2.19. The van der Waals surface area contributed by atoms with E-state index in [2.05, 4.69) is 5.73 Å². The van der Waals surface area contributed by atoms with Gasteiger partial charge in [0.05, 0.1) is 0 Å². The molecular weight excluding hydrogens is 116 g/mol. The molecule has 0 aromatic rings. The van der Waals surface area contributed by atoms with Crippen LogP contribution < -0.4 is 5.73 Å². The Bertz CT molecular complexity index is 89.9. The van der Waals surface area contributed by atoms with Crippen molar-refractivity contribution in [3.63, 3.8) is 0 Å². The van der Waals surface area contributed by atoms with E-state index in [1.807, 2.05) is 0 Å². The molecule has 0 saturated heterocycles. The van der Waals surface area contributed by atoms with Crippen LogP contribution in [0.2, 0.25) is 0 Å². The highest BCUT2D eigenvalue weighted by atomic mass is 32.2. The Labute approximate surface area is 44.2 Å². The average Bonchev–Trinajstić information content (AvgIpc) is 1.27. The number of carbonyl (C=O) groups is 1. The summed E-state index contributed by atoms with van der Waals surface area (Å²) in [5.41, 5.74) is 4.66. The Hall–Kier alpha value is -0.710. The van der Waals surface area contributed by atoms with Gasteiger partial charge in [-0.25, -0.2) is 4.79 Å². The summed E-state index contributed by atoms with van der Waals surface area (Å²) in [5, 5.41) is 12.7. The van der Waals surface area contributed by atoms with Crippen LogP contribution in [0.5, 0.6) is 0 Å². The second kappa shape index (κ2) is 2.46. The Morgan fingerprint density at radius 3 is 2.29 bits per heavy atom. The molecule has 0 radical (unpaired) electrons. The van der Waals surface area contributed by atoms with Gasteiger partial charge in [-0.15, -0.1) is 0 Å². The number of hydrogen-bond donors (Lipinski definition) is 3. The lowest BCUT2D eigenvalue weighted by Crippen LogP contribution is -2.06. The summed E-state index contributed by atoms with van der Waals surface area (Å²) in [6.07, 6.45) is 0. The molecule has 0 aliphatic carbocycles. The van der Waals surface area contributed by atoms with Gasteiger partial charge in [-0.1, -0.05) is 0 Å². The summed E-state index contributed by atoms with van der Waals surface area (Å²) in [7, 11) is 0. The van der Waals surface area contributed by atoms with E-state index in [4.69, 9.17) is 10.5 Å². The van der Waals surface area contributed by atoms with Crippen LogP contribution in [0.25, 0.3) is 0 Å². The van der Waals surface area contributed by atoms with Crippen molar-refractivity contribution < 1.29 is 9.90 Å². The number of nitrogens with one attached hydrogen (secondary N) is 1. The second-order valence-electron chi connectivity index (χ2n) is 0.732. The number of nitrogens with two attached hydrogens (primary N) is 1. The van der Waals surface area contributed by atoms with Crippen LogP contribution in [0.3, 0.4) is 0 Å². The molecule has 5 heteroatoms. The molecule has 0 spiro atoms. The summed E-state index contributed by atoms with van der Waals surface area (Å²) < 4.78 is 0. The van der Waals surface area contributed by atoms with Crippen molar-refractivity contribution in [3.8, 4) is 0 Å². The van der Waals surface area contributed by atoms with E-state index < -0.39 is 10.5 Å². The number of carboxylic acid groups (broad SMARTS) is 1. The van der Waals surface area contributed by atoms with Crippen LogP contribution in [0.15, 0.2) is 0 Å². The van der Waals surface area contributed by atoms with Crippen molar-refractivity contribution >= 4 is 22.2 Å². The highest BCUT2D eigenvalue weighted by Crippen LogP contribution is 1.96. The van der Waals surface area contributed by atoms with Crippen molar-refractivity contribution in [3.05, 3.63) is 0 Å². The van der Waals surface area contributed by atoms with Gasteiger partial charge in [0.1, 0.15) is 0 Å². The molecule has 0 amide bonds. The Morgan fingerprint density at radius 2 is 2.29 bits per heavy atom. The average molecular weight is 120 g/mol. The monoisotopic (exact) mass is 120 g/mol.